The lowest BCUT2D eigenvalue weighted by Gasteiger charge is -2.29. The van der Waals surface area contributed by atoms with Gasteiger partial charge in [-0.1, -0.05) is 60.7 Å². The van der Waals surface area contributed by atoms with E-state index in [0.717, 1.165) is 78.5 Å². The number of anilines is 2. The monoisotopic (exact) mass is 916 g/mol. The summed E-state index contributed by atoms with van der Waals surface area (Å²) in [5.74, 6) is -1.16. The number of rotatable bonds is 11. The van der Waals surface area contributed by atoms with E-state index in [-0.39, 0.29) is 34.8 Å². The number of aromatic carboxylic acids is 1. The van der Waals surface area contributed by atoms with Crippen molar-refractivity contribution < 1.29 is 33.6 Å². The van der Waals surface area contributed by atoms with Gasteiger partial charge in [0.25, 0.3) is 5.56 Å². The summed E-state index contributed by atoms with van der Waals surface area (Å²) in [5.41, 5.74) is 7.34. The molecule has 0 bridgehead atoms. The Balaban J connectivity index is 0.000000172. The average molecular weight is 917 g/mol. The Bertz CT molecular complexity index is 3100. The number of nitrogens with one attached hydrogen (secondary N) is 1. The zero-order valence-electron chi connectivity index (χ0n) is 38.3. The lowest BCUT2D eigenvalue weighted by atomic mass is 10.0. The van der Waals surface area contributed by atoms with Crippen LogP contribution in [0.5, 0.6) is 5.88 Å². The van der Waals surface area contributed by atoms with Gasteiger partial charge in [-0.2, -0.15) is 0 Å². The molecule has 4 aromatic heterocycles. The third-order valence-corrected chi connectivity index (χ3v) is 11.5. The fourth-order valence-corrected chi connectivity index (χ4v) is 8.32. The number of H-pyrrole nitrogens is 1. The molecule has 0 atom stereocenters. The standard InChI is InChI=1S/C29H32N4O4.C23H20N4O4/c1-19(2)36-28-26-24(21-10-12-22(13-11-21)32-14-16-35-17-15-32)18-25(29(34)37-20(3)4)30-27(26)33(31-28)23-8-6-5-7-9-23;28-22-20-18(15-6-8-16(9-7-15)26-10-12-31-13-11-26)14-19(23(29)30)24-21(20)27(25-22)17-4-2-1-3-5-17/h5-13,18-20H,14-17H2,1-4H3;1-9,14H,10-13H2,(H,25,28)(H,29,30). The second-order valence-corrected chi connectivity index (χ2v) is 16.9. The summed E-state index contributed by atoms with van der Waals surface area (Å²) in [7, 11) is 0. The molecule has 0 aliphatic carbocycles. The SMILES string of the molecule is CC(C)OC(=O)c1cc(-c2ccc(N3CCOCC3)cc2)c2c(OC(C)C)nn(-c3ccccc3)c2n1.O=C(O)c1cc(-c2ccc(N3CCOCC3)cc2)c2c(=O)[nH]n(-c3ccccc3)c2n1. The van der Waals surface area contributed by atoms with Gasteiger partial charge in [0, 0.05) is 48.7 Å². The minimum atomic E-state index is -1.15. The molecule has 68 heavy (non-hydrogen) atoms. The van der Waals surface area contributed by atoms with E-state index in [1.54, 1.807) is 10.7 Å². The molecule has 0 unspecified atom stereocenters. The molecule has 10 rings (SSSR count). The second-order valence-electron chi connectivity index (χ2n) is 16.9. The van der Waals surface area contributed by atoms with Crippen molar-refractivity contribution in [3.8, 4) is 39.5 Å². The summed E-state index contributed by atoms with van der Waals surface area (Å²) in [6.07, 6.45) is -0.357. The molecule has 2 aliphatic heterocycles. The summed E-state index contributed by atoms with van der Waals surface area (Å²) >= 11 is 0. The van der Waals surface area contributed by atoms with Gasteiger partial charge in [0.15, 0.2) is 22.7 Å². The first kappa shape index (κ1) is 45.3. The summed E-state index contributed by atoms with van der Waals surface area (Å²) < 4.78 is 25.8. The first-order valence-electron chi connectivity index (χ1n) is 22.7. The lowest BCUT2D eigenvalue weighted by Crippen LogP contribution is -2.36. The van der Waals surface area contributed by atoms with Gasteiger partial charge in [-0.25, -0.2) is 28.9 Å². The number of hydrogen-bond donors (Lipinski definition) is 2. The van der Waals surface area contributed by atoms with Crippen LogP contribution in [-0.4, -0.2) is 111 Å². The van der Waals surface area contributed by atoms with E-state index in [9.17, 15) is 19.5 Å². The van der Waals surface area contributed by atoms with E-state index in [1.807, 2.05) is 113 Å². The number of pyridine rings is 2. The molecule has 6 heterocycles. The molecule has 0 spiro atoms. The molecule has 16 nitrogen and oxygen atoms in total. The van der Waals surface area contributed by atoms with E-state index in [2.05, 4.69) is 44.1 Å². The molecule has 0 saturated carbocycles. The minimum absolute atomic E-state index is 0.0931. The molecular weight excluding hydrogens is 865 g/mol. The number of carboxylic acids is 1. The van der Waals surface area contributed by atoms with Crippen molar-refractivity contribution in [1.82, 2.24) is 29.5 Å². The summed E-state index contributed by atoms with van der Waals surface area (Å²) in [5, 5.41) is 18.3. The number of ether oxygens (including phenoxy) is 4. The van der Waals surface area contributed by atoms with E-state index in [1.165, 1.54) is 10.7 Å². The first-order chi connectivity index (χ1) is 33.0. The number of morpholine rings is 2. The number of fused-ring (bicyclic) bond motifs is 2. The largest absolute Gasteiger partial charge is 0.477 e. The van der Waals surface area contributed by atoms with Gasteiger partial charge >= 0.3 is 11.9 Å². The van der Waals surface area contributed by atoms with Crippen LogP contribution < -0.4 is 20.1 Å². The highest BCUT2D eigenvalue weighted by Gasteiger charge is 2.25. The van der Waals surface area contributed by atoms with Crippen LogP contribution in [0, 0.1) is 0 Å². The van der Waals surface area contributed by atoms with Crippen LogP contribution in [0.3, 0.4) is 0 Å². The Morgan fingerprint density at radius 1 is 0.618 bits per heavy atom. The summed E-state index contributed by atoms with van der Waals surface area (Å²) in [6.45, 7) is 13.8. The summed E-state index contributed by atoms with van der Waals surface area (Å²) in [4.78, 5) is 51.2. The number of benzene rings is 4. The number of para-hydroxylation sites is 2. The second kappa shape index (κ2) is 20.0. The highest BCUT2D eigenvalue weighted by Crippen LogP contribution is 2.38. The van der Waals surface area contributed by atoms with Gasteiger partial charge in [-0.3, -0.25) is 9.89 Å². The quantitative estimate of drug-likeness (QED) is 0.119. The minimum Gasteiger partial charge on any atom is -0.477 e. The van der Waals surface area contributed by atoms with Gasteiger partial charge in [-0.05, 0) is 99.5 Å². The van der Waals surface area contributed by atoms with Crippen molar-refractivity contribution in [2.75, 3.05) is 62.4 Å². The number of nitrogens with zero attached hydrogens (tertiary/aromatic N) is 7. The topological polar surface area (TPSA) is 179 Å². The van der Waals surface area contributed by atoms with Gasteiger partial charge in [0.2, 0.25) is 5.88 Å². The lowest BCUT2D eigenvalue weighted by molar-refractivity contribution is 0.0371. The fourth-order valence-electron chi connectivity index (χ4n) is 8.32. The van der Waals surface area contributed by atoms with Crippen LogP contribution in [-0.2, 0) is 14.2 Å². The van der Waals surface area contributed by atoms with Crippen molar-refractivity contribution in [3.05, 3.63) is 143 Å². The number of hydrogen-bond acceptors (Lipinski definition) is 12. The Morgan fingerprint density at radius 2 is 1.12 bits per heavy atom. The third kappa shape index (κ3) is 9.68. The molecule has 2 aliphatic rings. The number of aromatic amines is 1. The number of carboxylic acid groups (broad SMARTS) is 1. The zero-order valence-corrected chi connectivity index (χ0v) is 38.3. The van der Waals surface area contributed by atoms with Gasteiger partial charge in [-0.15, -0.1) is 5.10 Å². The fraction of sp³-hybridized carbons (Fsp3) is 0.269. The predicted octanol–water partition coefficient (Wildman–Crippen LogP) is 8.19. The molecule has 2 saturated heterocycles. The predicted molar refractivity (Wildman–Crippen MR) is 261 cm³/mol. The van der Waals surface area contributed by atoms with Crippen LogP contribution in [0.2, 0.25) is 0 Å². The number of aromatic nitrogens is 6. The highest BCUT2D eigenvalue weighted by atomic mass is 16.5. The van der Waals surface area contributed by atoms with Crippen LogP contribution >= 0.6 is 0 Å². The number of esters is 1. The summed E-state index contributed by atoms with van der Waals surface area (Å²) in [6, 6.07) is 38.3. The molecule has 16 heteroatoms. The third-order valence-electron chi connectivity index (χ3n) is 11.5. The van der Waals surface area contributed by atoms with Crippen molar-refractivity contribution in [1.29, 1.82) is 0 Å². The Kier molecular flexibility index (Phi) is 13.3. The number of carbonyl (C=O) groups excluding carboxylic acids is 1. The maximum Gasteiger partial charge on any atom is 0.357 e. The van der Waals surface area contributed by atoms with Crippen molar-refractivity contribution in [2.24, 2.45) is 0 Å². The molecule has 2 N–H and O–H groups in total. The van der Waals surface area contributed by atoms with Crippen molar-refractivity contribution in [2.45, 2.75) is 39.9 Å². The Morgan fingerprint density at radius 3 is 1.63 bits per heavy atom. The molecule has 2 fully saturated rings. The van der Waals surface area contributed by atoms with Crippen LogP contribution in [0.15, 0.2) is 126 Å². The van der Waals surface area contributed by atoms with Gasteiger partial charge < -0.3 is 33.9 Å². The first-order valence-corrected chi connectivity index (χ1v) is 22.7. The number of carbonyl (C=O) groups is 2. The zero-order chi connectivity index (χ0) is 47.3. The van der Waals surface area contributed by atoms with Crippen LogP contribution in [0.1, 0.15) is 48.7 Å². The maximum absolute atomic E-state index is 13.0. The van der Waals surface area contributed by atoms with Crippen LogP contribution in [0.25, 0.3) is 55.7 Å². The van der Waals surface area contributed by atoms with Crippen molar-refractivity contribution >= 4 is 45.4 Å². The molecule has 348 valence electrons. The van der Waals surface area contributed by atoms with E-state index in [0.29, 0.717) is 41.4 Å². The van der Waals surface area contributed by atoms with Crippen molar-refractivity contribution in [3.63, 3.8) is 0 Å². The average Bonchev–Trinajstić information content (AvgIpc) is 3.91. The highest BCUT2D eigenvalue weighted by molar-refractivity contribution is 6.02. The normalized spacial score (nSPS) is 14.0. The molecule has 0 radical (unpaired) electrons. The molecule has 8 aromatic rings. The van der Waals surface area contributed by atoms with Crippen LogP contribution in [0.4, 0.5) is 11.4 Å². The molecule has 4 aromatic carbocycles. The van der Waals surface area contributed by atoms with E-state index < -0.39 is 11.9 Å². The van der Waals surface area contributed by atoms with E-state index in [4.69, 9.17) is 29.0 Å². The maximum atomic E-state index is 13.0. The molecule has 0 amide bonds. The smallest absolute Gasteiger partial charge is 0.357 e. The molecular formula is C52H52N8O8. The van der Waals surface area contributed by atoms with Gasteiger partial charge in [0.05, 0.1) is 60.8 Å². The van der Waals surface area contributed by atoms with Gasteiger partial charge in [0.1, 0.15) is 0 Å². The Labute approximate surface area is 392 Å². The Hall–Kier alpha value is -7.82. The van der Waals surface area contributed by atoms with E-state index >= 15 is 0 Å².